The third-order valence-corrected chi connectivity index (χ3v) is 3.64. The maximum absolute atomic E-state index is 12.5. The van der Waals surface area contributed by atoms with E-state index < -0.39 is 6.04 Å². The summed E-state index contributed by atoms with van der Waals surface area (Å²) in [4.78, 5) is 12.5. The van der Waals surface area contributed by atoms with E-state index in [1.165, 1.54) is 0 Å². The summed E-state index contributed by atoms with van der Waals surface area (Å²) < 4.78 is 7.19. The van der Waals surface area contributed by atoms with Gasteiger partial charge in [-0.25, -0.2) is 0 Å². The Morgan fingerprint density at radius 1 is 1.39 bits per heavy atom. The molecule has 0 aliphatic rings. The van der Waals surface area contributed by atoms with Crippen LogP contribution in [0.25, 0.3) is 0 Å². The third kappa shape index (κ3) is 4.32. The van der Waals surface area contributed by atoms with Crippen LogP contribution in [-0.4, -0.2) is 29.3 Å². The Morgan fingerprint density at radius 3 is 2.78 bits per heavy atom. The van der Waals surface area contributed by atoms with Gasteiger partial charge in [0.15, 0.2) is 0 Å². The molecule has 6 heteroatoms. The molecule has 0 fully saturated rings. The smallest absolute Gasteiger partial charge is 0.242 e. The lowest BCUT2D eigenvalue weighted by Crippen LogP contribution is -2.37. The van der Waals surface area contributed by atoms with E-state index in [1.54, 1.807) is 17.9 Å². The molecule has 6 nitrogen and oxygen atoms in total. The van der Waals surface area contributed by atoms with Crippen LogP contribution in [0.3, 0.4) is 0 Å². The zero-order valence-corrected chi connectivity index (χ0v) is 14.0. The highest BCUT2D eigenvalue weighted by Gasteiger charge is 2.22. The largest absolute Gasteiger partial charge is 0.494 e. The Morgan fingerprint density at radius 2 is 2.17 bits per heavy atom. The molecule has 2 unspecified atom stereocenters. The summed E-state index contributed by atoms with van der Waals surface area (Å²) in [6, 6.07) is 7.23. The number of carbonyl (C=O) groups excluding carboxylic acids is 1. The van der Waals surface area contributed by atoms with Crippen molar-refractivity contribution in [3.8, 4) is 5.75 Å². The van der Waals surface area contributed by atoms with Crippen LogP contribution in [0.2, 0.25) is 0 Å². The standard InChI is InChI=1S/C17H24N4O2/c1-5-23-15-8-6-7-13(9-15)12(2)20-17(22)16(18-3)14-10-19-21(4)11-14/h6-12,16,18H,5H2,1-4H3,(H,20,22). The molecular formula is C17H24N4O2. The van der Waals surface area contributed by atoms with Gasteiger partial charge in [-0.15, -0.1) is 0 Å². The predicted octanol–water partition coefficient (Wildman–Crippen LogP) is 1.96. The summed E-state index contributed by atoms with van der Waals surface area (Å²) in [7, 11) is 3.59. The lowest BCUT2D eigenvalue weighted by molar-refractivity contribution is -0.123. The minimum Gasteiger partial charge on any atom is -0.494 e. The Hall–Kier alpha value is -2.34. The highest BCUT2D eigenvalue weighted by Crippen LogP contribution is 2.20. The van der Waals surface area contributed by atoms with Gasteiger partial charge in [0.05, 0.1) is 18.8 Å². The van der Waals surface area contributed by atoms with Gasteiger partial charge >= 0.3 is 0 Å². The number of hydrogen-bond acceptors (Lipinski definition) is 4. The van der Waals surface area contributed by atoms with Crippen LogP contribution in [0.1, 0.15) is 37.1 Å². The van der Waals surface area contributed by atoms with E-state index in [9.17, 15) is 4.79 Å². The van der Waals surface area contributed by atoms with Gasteiger partial charge in [0, 0.05) is 18.8 Å². The summed E-state index contributed by atoms with van der Waals surface area (Å²) in [5, 5.41) is 10.2. The van der Waals surface area contributed by atoms with Gasteiger partial charge in [0.1, 0.15) is 11.8 Å². The lowest BCUT2D eigenvalue weighted by Gasteiger charge is -2.20. The molecule has 23 heavy (non-hydrogen) atoms. The molecule has 0 radical (unpaired) electrons. The van der Waals surface area contributed by atoms with Gasteiger partial charge in [-0.05, 0) is 38.6 Å². The number of ether oxygens (including phenoxy) is 1. The number of carbonyl (C=O) groups is 1. The zero-order valence-electron chi connectivity index (χ0n) is 14.0. The van der Waals surface area contributed by atoms with E-state index in [1.807, 2.05) is 51.4 Å². The fourth-order valence-corrected chi connectivity index (χ4v) is 2.46. The van der Waals surface area contributed by atoms with Crippen molar-refractivity contribution < 1.29 is 9.53 Å². The monoisotopic (exact) mass is 316 g/mol. The number of benzene rings is 1. The van der Waals surface area contributed by atoms with Gasteiger partial charge in [-0.2, -0.15) is 5.10 Å². The summed E-state index contributed by atoms with van der Waals surface area (Å²) in [6.07, 6.45) is 3.53. The molecule has 0 aliphatic carbocycles. The van der Waals surface area contributed by atoms with Crippen LogP contribution >= 0.6 is 0 Å². The topological polar surface area (TPSA) is 68.2 Å². The second-order valence-corrected chi connectivity index (χ2v) is 5.40. The molecule has 2 N–H and O–H groups in total. The van der Waals surface area contributed by atoms with E-state index in [0.717, 1.165) is 16.9 Å². The number of rotatable bonds is 7. The van der Waals surface area contributed by atoms with Crippen LogP contribution in [0.4, 0.5) is 0 Å². The van der Waals surface area contributed by atoms with Gasteiger partial charge < -0.3 is 15.4 Å². The molecule has 124 valence electrons. The van der Waals surface area contributed by atoms with Gasteiger partial charge in [0.2, 0.25) is 5.91 Å². The Bertz CT molecular complexity index is 654. The lowest BCUT2D eigenvalue weighted by atomic mass is 10.1. The van der Waals surface area contributed by atoms with E-state index in [4.69, 9.17) is 4.74 Å². The van der Waals surface area contributed by atoms with Gasteiger partial charge in [0.25, 0.3) is 0 Å². The molecule has 2 aromatic rings. The first kappa shape index (κ1) is 17.0. The maximum atomic E-state index is 12.5. The van der Waals surface area contributed by atoms with Crippen molar-refractivity contribution in [2.75, 3.05) is 13.7 Å². The number of likely N-dealkylation sites (N-methyl/N-ethyl adjacent to an activating group) is 1. The Kier molecular flexibility index (Phi) is 5.76. The molecule has 0 spiro atoms. The number of nitrogens with zero attached hydrogens (tertiary/aromatic N) is 2. The Balaban J connectivity index is 2.07. The molecular weight excluding hydrogens is 292 g/mol. The van der Waals surface area contributed by atoms with Crippen LogP contribution in [0.5, 0.6) is 5.75 Å². The number of nitrogens with one attached hydrogen (secondary N) is 2. The zero-order chi connectivity index (χ0) is 16.8. The summed E-state index contributed by atoms with van der Waals surface area (Å²) in [5.74, 6) is 0.721. The van der Waals surface area contributed by atoms with Crippen molar-refractivity contribution in [3.05, 3.63) is 47.8 Å². The van der Waals surface area contributed by atoms with E-state index >= 15 is 0 Å². The fourth-order valence-electron chi connectivity index (χ4n) is 2.46. The maximum Gasteiger partial charge on any atom is 0.242 e. The number of aryl methyl sites for hydroxylation is 1. The summed E-state index contributed by atoms with van der Waals surface area (Å²) >= 11 is 0. The molecule has 1 amide bonds. The van der Waals surface area contributed by atoms with Crippen molar-refractivity contribution in [2.24, 2.45) is 7.05 Å². The quantitative estimate of drug-likeness (QED) is 0.819. The van der Waals surface area contributed by atoms with Crippen molar-refractivity contribution in [3.63, 3.8) is 0 Å². The second kappa shape index (κ2) is 7.78. The van der Waals surface area contributed by atoms with Crippen molar-refractivity contribution in [1.82, 2.24) is 20.4 Å². The predicted molar refractivity (Wildman–Crippen MR) is 89.2 cm³/mol. The molecule has 0 aliphatic heterocycles. The first-order chi connectivity index (χ1) is 11.0. The van der Waals surface area contributed by atoms with E-state index in [0.29, 0.717) is 6.61 Å². The molecule has 0 saturated heterocycles. The highest BCUT2D eigenvalue weighted by atomic mass is 16.5. The van der Waals surface area contributed by atoms with Crippen molar-refractivity contribution in [1.29, 1.82) is 0 Å². The van der Waals surface area contributed by atoms with E-state index in [2.05, 4.69) is 15.7 Å². The summed E-state index contributed by atoms with van der Waals surface area (Å²) in [6.45, 7) is 4.52. The summed E-state index contributed by atoms with van der Waals surface area (Å²) in [5.41, 5.74) is 1.84. The molecule has 0 saturated carbocycles. The SMILES string of the molecule is CCOc1cccc(C(C)NC(=O)C(NC)c2cnn(C)c2)c1. The second-order valence-electron chi connectivity index (χ2n) is 5.40. The molecule has 1 aromatic carbocycles. The number of amides is 1. The third-order valence-electron chi connectivity index (χ3n) is 3.64. The van der Waals surface area contributed by atoms with Gasteiger partial charge in [-0.3, -0.25) is 9.48 Å². The normalized spacial score (nSPS) is 13.4. The van der Waals surface area contributed by atoms with Crippen molar-refractivity contribution >= 4 is 5.91 Å². The van der Waals surface area contributed by atoms with Crippen LogP contribution in [0.15, 0.2) is 36.7 Å². The highest BCUT2D eigenvalue weighted by molar-refractivity contribution is 5.83. The molecule has 0 bridgehead atoms. The minimum absolute atomic E-state index is 0.0881. The molecule has 2 rings (SSSR count). The molecule has 1 heterocycles. The average Bonchev–Trinajstić information content (AvgIpc) is 2.95. The molecule has 2 atom stereocenters. The van der Waals surface area contributed by atoms with Crippen LogP contribution < -0.4 is 15.4 Å². The van der Waals surface area contributed by atoms with Gasteiger partial charge in [-0.1, -0.05) is 12.1 Å². The van der Waals surface area contributed by atoms with Crippen molar-refractivity contribution in [2.45, 2.75) is 25.9 Å². The van der Waals surface area contributed by atoms with E-state index in [-0.39, 0.29) is 11.9 Å². The molecule has 1 aromatic heterocycles. The minimum atomic E-state index is -0.429. The fraction of sp³-hybridized carbons (Fsp3) is 0.412. The number of hydrogen-bond donors (Lipinski definition) is 2. The Labute approximate surface area is 136 Å². The van der Waals surface area contributed by atoms with Crippen LogP contribution in [-0.2, 0) is 11.8 Å². The number of aromatic nitrogens is 2. The first-order valence-electron chi connectivity index (χ1n) is 7.74. The van der Waals surface area contributed by atoms with Crippen LogP contribution in [0, 0.1) is 0 Å². The first-order valence-corrected chi connectivity index (χ1v) is 7.74. The average molecular weight is 316 g/mol.